The van der Waals surface area contributed by atoms with Crippen LogP contribution in [0.3, 0.4) is 0 Å². The van der Waals surface area contributed by atoms with Crippen LogP contribution in [0.5, 0.6) is 0 Å². The van der Waals surface area contributed by atoms with Gasteiger partial charge in [-0.05, 0) is 30.5 Å². The maximum Gasteiger partial charge on any atom is 0.223 e. The van der Waals surface area contributed by atoms with Gasteiger partial charge in [0.25, 0.3) is 0 Å². The summed E-state index contributed by atoms with van der Waals surface area (Å²) in [5.74, 6) is 0.148. The van der Waals surface area contributed by atoms with E-state index >= 15 is 0 Å². The van der Waals surface area contributed by atoms with Gasteiger partial charge in [-0.15, -0.1) is 0 Å². The van der Waals surface area contributed by atoms with Crippen molar-refractivity contribution in [3.05, 3.63) is 34.9 Å². The van der Waals surface area contributed by atoms with Crippen LogP contribution in [0.4, 0.5) is 0 Å². The van der Waals surface area contributed by atoms with Gasteiger partial charge in [0.05, 0.1) is 12.6 Å². The Morgan fingerprint density at radius 2 is 2.10 bits per heavy atom. The van der Waals surface area contributed by atoms with E-state index in [1.165, 1.54) is 0 Å². The van der Waals surface area contributed by atoms with E-state index in [1.807, 2.05) is 29.2 Å². The normalized spacial score (nSPS) is 23.8. The first-order valence-corrected chi connectivity index (χ1v) is 7.30. The number of nitrogens with two attached hydrogens (primary N) is 1. The molecule has 1 aliphatic rings. The monoisotopic (exact) mass is 296 g/mol. The van der Waals surface area contributed by atoms with Crippen molar-refractivity contribution in [1.82, 2.24) is 4.90 Å². The molecule has 0 aromatic heterocycles. The Bertz CT molecular complexity index is 450. The Balaban J connectivity index is 2.30. The molecule has 4 nitrogen and oxygen atoms in total. The van der Waals surface area contributed by atoms with E-state index in [9.17, 15) is 4.79 Å². The second kappa shape index (κ2) is 7.07. The fourth-order valence-corrected chi connectivity index (χ4v) is 2.84. The van der Waals surface area contributed by atoms with Crippen LogP contribution < -0.4 is 5.73 Å². The highest BCUT2D eigenvalue weighted by Crippen LogP contribution is 2.30. The van der Waals surface area contributed by atoms with Crippen LogP contribution in [-0.4, -0.2) is 37.1 Å². The van der Waals surface area contributed by atoms with E-state index in [2.05, 4.69) is 0 Å². The highest BCUT2D eigenvalue weighted by atomic mass is 35.5. The lowest BCUT2D eigenvalue weighted by Crippen LogP contribution is -2.43. The third kappa shape index (κ3) is 3.51. The predicted octanol–water partition coefficient (Wildman–Crippen LogP) is 2.37. The first kappa shape index (κ1) is 15.3. The number of likely N-dealkylation sites (tertiary alicyclic amines) is 1. The van der Waals surface area contributed by atoms with Crippen LogP contribution >= 0.6 is 11.6 Å². The van der Waals surface area contributed by atoms with Crippen molar-refractivity contribution in [2.45, 2.75) is 31.3 Å². The molecule has 2 unspecified atom stereocenters. The van der Waals surface area contributed by atoms with Gasteiger partial charge in [0.2, 0.25) is 5.91 Å². The van der Waals surface area contributed by atoms with Gasteiger partial charge >= 0.3 is 0 Å². The number of carbonyl (C=O) groups is 1. The van der Waals surface area contributed by atoms with Crippen molar-refractivity contribution in [2.75, 3.05) is 20.3 Å². The first-order chi connectivity index (χ1) is 9.63. The van der Waals surface area contributed by atoms with E-state index in [4.69, 9.17) is 22.1 Å². The standard InChI is InChI=1S/C15H21ClN2O2/c1-20-10-9-18-14(19)4-2-3-13(17)15(18)11-5-7-12(16)8-6-11/h5-8,13,15H,2-4,9-10,17H2,1H3. The number of halogens is 1. The summed E-state index contributed by atoms with van der Waals surface area (Å²) < 4.78 is 5.12. The molecule has 0 radical (unpaired) electrons. The van der Waals surface area contributed by atoms with Gasteiger partial charge < -0.3 is 15.4 Å². The van der Waals surface area contributed by atoms with Crippen LogP contribution in [0.2, 0.25) is 5.02 Å². The number of methoxy groups -OCH3 is 1. The second-order valence-corrected chi connectivity index (χ2v) is 5.57. The fourth-order valence-electron chi connectivity index (χ4n) is 2.72. The fraction of sp³-hybridized carbons (Fsp3) is 0.533. The number of nitrogens with zero attached hydrogens (tertiary/aromatic N) is 1. The molecule has 0 spiro atoms. The summed E-state index contributed by atoms with van der Waals surface area (Å²) in [5, 5.41) is 0.686. The molecule has 1 aliphatic heterocycles. The molecule has 1 heterocycles. The van der Waals surface area contributed by atoms with E-state index in [1.54, 1.807) is 7.11 Å². The summed E-state index contributed by atoms with van der Waals surface area (Å²) in [6, 6.07) is 7.43. The number of hydrogen-bond donors (Lipinski definition) is 1. The largest absolute Gasteiger partial charge is 0.383 e. The average molecular weight is 297 g/mol. The van der Waals surface area contributed by atoms with Gasteiger partial charge in [0, 0.05) is 31.1 Å². The van der Waals surface area contributed by atoms with Crippen molar-refractivity contribution in [3.8, 4) is 0 Å². The minimum Gasteiger partial charge on any atom is -0.383 e. The summed E-state index contributed by atoms with van der Waals surface area (Å²) in [6.07, 6.45) is 2.25. The lowest BCUT2D eigenvalue weighted by atomic mass is 9.96. The lowest BCUT2D eigenvalue weighted by Gasteiger charge is -2.34. The van der Waals surface area contributed by atoms with Crippen LogP contribution in [0.15, 0.2) is 24.3 Å². The SMILES string of the molecule is COCCN1C(=O)CCCC(N)C1c1ccc(Cl)cc1. The Labute approximate surface area is 124 Å². The van der Waals surface area contributed by atoms with Crippen molar-refractivity contribution in [2.24, 2.45) is 5.73 Å². The topological polar surface area (TPSA) is 55.6 Å². The first-order valence-electron chi connectivity index (χ1n) is 6.93. The molecule has 1 saturated heterocycles. The summed E-state index contributed by atoms with van der Waals surface area (Å²) in [6.45, 7) is 1.08. The lowest BCUT2D eigenvalue weighted by molar-refractivity contribution is -0.134. The van der Waals surface area contributed by atoms with Crippen molar-refractivity contribution in [3.63, 3.8) is 0 Å². The third-order valence-electron chi connectivity index (χ3n) is 3.74. The van der Waals surface area contributed by atoms with Crippen LogP contribution in [0.25, 0.3) is 0 Å². The maximum atomic E-state index is 12.3. The predicted molar refractivity (Wildman–Crippen MR) is 79.6 cm³/mol. The van der Waals surface area contributed by atoms with E-state index < -0.39 is 0 Å². The zero-order valence-corrected chi connectivity index (χ0v) is 12.5. The van der Waals surface area contributed by atoms with Gasteiger partial charge in [-0.1, -0.05) is 23.7 Å². The Morgan fingerprint density at radius 3 is 2.75 bits per heavy atom. The molecular weight excluding hydrogens is 276 g/mol. The molecule has 1 fully saturated rings. The number of carbonyl (C=O) groups excluding carboxylic acids is 1. The highest BCUT2D eigenvalue weighted by Gasteiger charge is 2.32. The number of amides is 1. The number of hydrogen-bond acceptors (Lipinski definition) is 3. The van der Waals surface area contributed by atoms with Gasteiger partial charge in [0.15, 0.2) is 0 Å². The molecule has 110 valence electrons. The van der Waals surface area contributed by atoms with Gasteiger partial charge in [0.1, 0.15) is 0 Å². The minimum atomic E-state index is -0.0996. The number of ether oxygens (including phenoxy) is 1. The Kier molecular flexibility index (Phi) is 5.40. The van der Waals surface area contributed by atoms with Gasteiger partial charge in [-0.3, -0.25) is 4.79 Å². The van der Waals surface area contributed by atoms with Crippen LogP contribution in [-0.2, 0) is 9.53 Å². The molecule has 2 rings (SSSR count). The Hall–Kier alpha value is -1.10. The highest BCUT2D eigenvalue weighted by molar-refractivity contribution is 6.30. The molecule has 1 amide bonds. The van der Waals surface area contributed by atoms with Gasteiger partial charge in [-0.25, -0.2) is 0 Å². The molecule has 5 heteroatoms. The molecule has 0 bridgehead atoms. The summed E-state index contributed by atoms with van der Waals surface area (Å²) in [4.78, 5) is 14.2. The molecule has 2 atom stereocenters. The van der Waals surface area contributed by atoms with E-state index in [0.29, 0.717) is 24.6 Å². The second-order valence-electron chi connectivity index (χ2n) is 5.13. The maximum absolute atomic E-state index is 12.3. The number of rotatable bonds is 4. The van der Waals surface area contributed by atoms with Crippen LogP contribution in [0.1, 0.15) is 30.9 Å². The van der Waals surface area contributed by atoms with E-state index in [0.717, 1.165) is 18.4 Å². The molecule has 20 heavy (non-hydrogen) atoms. The van der Waals surface area contributed by atoms with Crippen LogP contribution in [0, 0.1) is 0 Å². The van der Waals surface area contributed by atoms with E-state index in [-0.39, 0.29) is 18.0 Å². The zero-order chi connectivity index (χ0) is 14.5. The Morgan fingerprint density at radius 1 is 1.40 bits per heavy atom. The van der Waals surface area contributed by atoms with Gasteiger partial charge in [-0.2, -0.15) is 0 Å². The summed E-state index contributed by atoms with van der Waals surface area (Å²) in [7, 11) is 1.64. The smallest absolute Gasteiger partial charge is 0.223 e. The van der Waals surface area contributed by atoms with Crippen molar-refractivity contribution < 1.29 is 9.53 Å². The molecular formula is C15H21ClN2O2. The van der Waals surface area contributed by atoms with Crippen molar-refractivity contribution in [1.29, 1.82) is 0 Å². The molecule has 0 saturated carbocycles. The third-order valence-corrected chi connectivity index (χ3v) is 3.99. The quantitative estimate of drug-likeness (QED) is 0.928. The van der Waals surface area contributed by atoms with Crippen molar-refractivity contribution >= 4 is 17.5 Å². The molecule has 0 aliphatic carbocycles. The number of benzene rings is 1. The zero-order valence-electron chi connectivity index (χ0n) is 11.7. The summed E-state index contributed by atoms with van der Waals surface area (Å²) in [5.41, 5.74) is 7.34. The molecule has 2 N–H and O–H groups in total. The molecule has 1 aromatic carbocycles. The average Bonchev–Trinajstić information content (AvgIpc) is 2.57. The summed E-state index contributed by atoms with van der Waals surface area (Å²) >= 11 is 5.94. The molecule has 1 aromatic rings. The minimum absolute atomic E-state index is 0.0560.